The van der Waals surface area contributed by atoms with Gasteiger partial charge in [-0.25, -0.2) is 0 Å². The third-order valence-corrected chi connectivity index (χ3v) is 9.54. The lowest BCUT2D eigenvalue weighted by atomic mass is 9.95. The van der Waals surface area contributed by atoms with Crippen LogP contribution < -0.4 is 20.3 Å². The van der Waals surface area contributed by atoms with Crippen molar-refractivity contribution in [3.63, 3.8) is 0 Å². The SMILES string of the molecule is COc1cc(-c2cc(OC)c(N/N=C3/C(=O)C=Cc4ccccc43)cc2S(=O)(=O)O)c(S(=O)(=O)O)cc1N/N=C1\C(=O)C=Cc2ccccc21. The van der Waals surface area contributed by atoms with Crippen LogP contribution in [0.5, 0.6) is 11.5 Å². The number of hydrazone groups is 2. The van der Waals surface area contributed by atoms with Gasteiger partial charge in [-0.3, -0.25) is 29.5 Å². The molecule has 0 bridgehead atoms. The maximum absolute atomic E-state index is 12.8. The van der Waals surface area contributed by atoms with Crippen LogP contribution in [0.25, 0.3) is 23.3 Å². The summed E-state index contributed by atoms with van der Waals surface area (Å²) in [6.45, 7) is 0. The second-order valence-corrected chi connectivity index (χ2v) is 13.5. The van der Waals surface area contributed by atoms with Crippen molar-refractivity contribution in [1.82, 2.24) is 0 Å². The van der Waals surface area contributed by atoms with E-state index in [0.29, 0.717) is 11.1 Å². The first kappa shape index (κ1) is 33.9. The van der Waals surface area contributed by atoms with Crippen LogP contribution in [0.2, 0.25) is 0 Å². The highest BCUT2D eigenvalue weighted by molar-refractivity contribution is 7.86. The van der Waals surface area contributed by atoms with Crippen molar-refractivity contribution in [3.05, 3.63) is 107 Å². The van der Waals surface area contributed by atoms with Crippen LogP contribution in [0.4, 0.5) is 11.4 Å². The molecule has 14 nitrogen and oxygen atoms in total. The van der Waals surface area contributed by atoms with Crippen LogP contribution in [0.3, 0.4) is 0 Å². The molecular formula is C34H26N4O10S2. The highest BCUT2D eigenvalue weighted by Gasteiger charge is 2.28. The number of allylic oxidation sites excluding steroid dienone is 2. The summed E-state index contributed by atoms with van der Waals surface area (Å²) in [5, 5.41) is 8.38. The molecule has 0 unspecified atom stereocenters. The van der Waals surface area contributed by atoms with E-state index >= 15 is 0 Å². The number of methoxy groups -OCH3 is 2. The molecule has 0 atom stereocenters. The second-order valence-electron chi connectivity index (χ2n) is 10.8. The smallest absolute Gasteiger partial charge is 0.295 e. The summed E-state index contributed by atoms with van der Waals surface area (Å²) in [6, 6.07) is 18.0. The Bertz CT molecular complexity index is 2280. The van der Waals surface area contributed by atoms with Crippen molar-refractivity contribution >= 4 is 66.8 Å². The zero-order valence-corrected chi connectivity index (χ0v) is 27.7. The standard InChI is InChI=1S/C34H26N4O10S2/c1-47-29-15-23(31(49(41,42)43)17-25(29)35-37-33-21-9-5-3-7-19(21)11-13-27(33)39)24-16-30(48-2)26(18-32(24)50(44,45)46)36-38-34-22-10-6-4-8-20(22)12-14-28(34)40/h3-18,35-36H,1-2H3,(H,41,42,43)(H,44,45,46)/b37-33-,38-34+. The van der Waals surface area contributed by atoms with Crippen molar-refractivity contribution in [2.45, 2.75) is 9.79 Å². The van der Waals surface area contributed by atoms with E-state index in [-0.39, 0.29) is 34.3 Å². The third kappa shape index (κ3) is 6.55. The summed E-state index contributed by atoms with van der Waals surface area (Å²) in [6.07, 6.45) is 5.90. The van der Waals surface area contributed by atoms with Gasteiger partial charge in [0.1, 0.15) is 32.7 Å². The van der Waals surface area contributed by atoms with Gasteiger partial charge >= 0.3 is 0 Å². The minimum atomic E-state index is -5.10. The fourth-order valence-electron chi connectivity index (χ4n) is 5.41. The highest BCUT2D eigenvalue weighted by atomic mass is 32.2. The van der Waals surface area contributed by atoms with Crippen LogP contribution in [0.15, 0.2) is 105 Å². The van der Waals surface area contributed by atoms with Crippen LogP contribution in [0, 0.1) is 0 Å². The van der Waals surface area contributed by atoms with Crippen LogP contribution in [-0.2, 0) is 29.8 Å². The summed E-state index contributed by atoms with van der Waals surface area (Å²) in [5.41, 5.74) is 6.68. The van der Waals surface area contributed by atoms with Crippen molar-refractivity contribution in [2.75, 3.05) is 25.1 Å². The maximum Gasteiger partial charge on any atom is 0.295 e. The number of rotatable bonds is 9. The molecule has 16 heteroatoms. The molecule has 0 radical (unpaired) electrons. The molecule has 0 amide bonds. The Morgan fingerprint density at radius 1 is 0.560 bits per heavy atom. The number of ketones is 2. The van der Waals surface area contributed by atoms with Gasteiger partial charge < -0.3 is 9.47 Å². The average Bonchev–Trinajstić information content (AvgIpc) is 3.09. The largest absolute Gasteiger partial charge is 0.494 e. The number of fused-ring (bicyclic) bond motifs is 2. The second kappa shape index (κ2) is 13.2. The van der Waals surface area contributed by atoms with E-state index in [9.17, 15) is 35.5 Å². The number of nitrogens with one attached hydrogen (secondary N) is 2. The Morgan fingerprint density at radius 3 is 1.30 bits per heavy atom. The molecule has 0 saturated carbocycles. The Kier molecular flexibility index (Phi) is 8.94. The maximum atomic E-state index is 12.8. The molecule has 254 valence electrons. The highest BCUT2D eigenvalue weighted by Crippen LogP contribution is 2.43. The van der Waals surface area contributed by atoms with Gasteiger partial charge in [0.15, 0.2) is 0 Å². The number of benzene rings is 4. The quantitative estimate of drug-likeness (QED) is 0.138. The van der Waals surface area contributed by atoms with E-state index in [1.807, 2.05) is 0 Å². The summed E-state index contributed by atoms with van der Waals surface area (Å²) in [4.78, 5) is 23.7. The van der Waals surface area contributed by atoms with Crippen LogP contribution in [0.1, 0.15) is 22.3 Å². The molecule has 0 aromatic heterocycles. The Hall–Kier alpha value is -5.94. The molecule has 2 aliphatic rings. The number of ether oxygens (including phenoxy) is 2. The van der Waals surface area contributed by atoms with Crippen molar-refractivity contribution < 1.29 is 45.0 Å². The minimum absolute atomic E-state index is 0.0159. The first-order chi connectivity index (χ1) is 23.8. The summed E-state index contributed by atoms with van der Waals surface area (Å²) < 4.78 is 82.6. The van der Waals surface area contributed by atoms with Gasteiger partial charge in [0, 0.05) is 22.3 Å². The third-order valence-electron chi connectivity index (χ3n) is 7.75. The number of anilines is 2. The fraction of sp³-hybridized carbons (Fsp3) is 0.0588. The van der Waals surface area contributed by atoms with Crippen LogP contribution in [-0.4, -0.2) is 63.2 Å². The summed E-state index contributed by atoms with van der Waals surface area (Å²) >= 11 is 0. The predicted octanol–water partition coefficient (Wildman–Crippen LogP) is 4.69. The zero-order chi connectivity index (χ0) is 35.8. The fourth-order valence-corrected chi connectivity index (χ4v) is 6.84. The van der Waals surface area contributed by atoms with E-state index in [1.165, 1.54) is 26.4 Å². The normalized spacial score (nSPS) is 15.5. The summed E-state index contributed by atoms with van der Waals surface area (Å²) in [5.74, 6) is -1.03. The van der Waals surface area contributed by atoms with Gasteiger partial charge in [-0.1, -0.05) is 60.7 Å². The van der Waals surface area contributed by atoms with Gasteiger partial charge in [0.2, 0.25) is 11.6 Å². The lowest BCUT2D eigenvalue weighted by molar-refractivity contribution is -0.109. The molecular weight excluding hydrogens is 689 g/mol. The number of hydrogen-bond acceptors (Lipinski definition) is 12. The Balaban J connectivity index is 1.47. The predicted molar refractivity (Wildman–Crippen MR) is 186 cm³/mol. The molecule has 50 heavy (non-hydrogen) atoms. The van der Waals surface area contributed by atoms with E-state index in [4.69, 9.17) is 9.47 Å². The zero-order valence-electron chi connectivity index (χ0n) is 26.1. The van der Waals surface area contributed by atoms with E-state index < -0.39 is 52.7 Å². The number of hydrogen-bond donors (Lipinski definition) is 4. The average molecular weight is 715 g/mol. The van der Waals surface area contributed by atoms with Gasteiger partial charge in [-0.2, -0.15) is 27.0 Å². The van der Waals surface area contributed by atoms with E-state index in [1.54, 1.807) is 60.7 Å². The lowest BCUT2D eigenvalue weighted by Gasteiger charge is -2.19. The van der Waals surface area contributed by atoms with Gasteiger partial charge in [-0.05, 0) is 47.5 Å². The monoisotopic (exact) mass is 714 g/mol. The van der Waals surface area contributed by atoms with Crippen molar-refractivity contribution in [2.24, 2.45) is 10.2 Å². The molecule has 4 aromatic rings. The van der Waals surface area contributed by atoms with Gasteiger partial charge in [-0.15, -0.1) is 0 Å². The molecule has 0 spiro atoms. The van der Waals surface area contributed by atoms with Crippen molar-refractivity contribution in [3.8, 4) is 22.6 Å². The molecule has 2 aliphatic carbocycles. The minimum Gasteiger partial charge on any atom is -0.494 e. The number of nitrogens with zero attached hydrogens (tertiary/aromatic N) is 2. The molecule has 4 N–H and O–H groups in total. The topological polar surface area (TPSA) is 210 Å². The Morgan fingerprint density at radius 2 is 0.940 bits per heavy atom. The molecule has 4 aromatic carbocycles. The van der Waals surface area contributed by atoms with Gasteiger partial charge in [0.05, 0.1) is 25.6 Å². The lowest BCUT2D eigenvalue weighted by Crippen LogP contribution is -2.19. The van der Waals surface area contributed by atoms with E-state index in [2.05, 4.69) is 21.1 Å². The summed E-state index contributed by atoms with van der Waals surface area (Å²) in [7, 11) is -7.73. The van der Waals surface area contributed by atoms with Crippen LogP contribution >= 0.6 is 0 Å². The van der Waals surface area contributed by atoms with Gasteiger partial charge in [0.25, 0.3) is 20.2 Å². The molecule has 0 fully saturated rings. The Labute approximate surface area is 285 Å². The molecule has 0 saturated heterocycles. The van der Waals surface area contributed by atoms with Crippen molar-refractivity contribution in [1.29, 1.82) is 0 Å². The molecule has 0 aliphatic heterocycles. The number of carbonyl (C=O) groups excluding carboxylic acids is 2. The number of carbonyl (C=O) groups is 2. The molecule has 0 heterocycles. The first-order valence-corrected chi connectivity index (χ1v) is 17.4. The molecule has 6 rings (SSSR count). The first-order valence-electron chi connectivity index (χ1n) is 14.5. The van der Waals surface area contributed by atoms with E-state index in [0.717, 1.165) is 35.4 Å².